The highest BCUT2D eigenvalue weighted by atomic mass is 31.1. The van der Waals surface area contributed by atoms with Crippen molar-refractivity contribution in [3.05, 3.63) is 182 Å². The highest BCUT2D eigenvalue weighted by Gasteiger charge is 1.94. The van der Waals surface area contributed by atoms with E-state index in [2.05, 4.69) is 158 Å². The number of hydrogen-bond donors (Lipinski definition) is 0. The maximum Gasteiger partial charge on any atom is -0.0184 e. The quantitative estimate of drug-likeness (QED) is 0.215. The van der Waals surface area contributed by atoms with E-state index in [-0.39, 0.29) is 0 Å². The molecular formula is C36H31P. The van der Waals surface area contributed by atoms with Gasteiger partial charge in [-0.25, -0.2) is 0 Å². The van der Waals surface area contributed by atoms with Gasteiger partial charge in [0.05, 0.1) is 0 Å². The summed E-state index contributed by atoms with van der Waals surface area (Å²) in [5.41, 5.74) is 5.10. The summed E-state index contributed by atoms with van der Waals surface area (Å²) in [6.07, 6.45) is 0. The summed E-state index contributed by atoms with van der Waals surface area (Å²) in [6, 6.07) is 62.7. The lowest BCUT2D eigenvalue weighted by Crippen LogP contribution is -2.01. The van der Waals surface area contributed by atoms with Gasteiger partial charge in [-0.1, -0.05) is 191 Å². The maximum absolute atomic E-state index is 2.17. The molecule has 0 fully saturated rings. The Hall–Kier alpha value is -4.25. The molecule has 180 valence electrons. The molecular weight excluding hydrogens is 463 g/mol. The van der Waals surface area contributed by atoms with Crippen molar-refractivity contribution in [2.75, 3.05) is 0 Å². The predicted molar refractivity (Wildman–Crippen MR) is 164 cm³/mol. The molecule has 0 atom stereocenters. The van der Waals surface area contributed by atoms with Gasteiger partial charge in [-0.2, -0.15) is 0 Å². The first-order valence-corrected chi connectivity index (χ1v) is 13.5. The van der Waals surface area contributed by atoms with Gasteiger partial charge in [-0.3, -0.25) is 0 Å². The van der Waals surface area contributed by atoms with Crippen LogP contribution in [-0.4, -0.2) is 0 Å². The van der Waals surface area contributed by atoms with Crippen LogP contribution in [0.25, 0.3) is 22.3 Å². The smallest absolute Gasteiger partial charge is 0.0184 e. The van der Waals surface area contributed by atoms with Crippen LogP contribution in [-0.2, 0) is 0 Å². The largest absolute Gasteiger partial charge is 0.0622 e. The molecule has 0 nitrogen and oxygen atoms in total. The van der Waals surface area contributed by atoms with Crippen molar-refractivity contribution < 1.29 is 0 Å². The molecule has 0 saturated heterocycles. The predicted octanol–water partition coefficient (Wildman–Crippen LogP) is 9.02. The summed E-state index contributed by atoms with van der Waals surface area (Å²) in [6.45, 7) is 0. The third-order valence-corrected chi connectivity index (χ3v) is 6.84. The average molecular weight is 495 g/mol. The van der Waals surface area contributed by atoms with E-state index in [0.29, 0.717) is 0 Å². The third kappa shape index (κ3) is 9.04. The molecule has 0 radical (unpaired) electrons. The third-order valence-electron chi connectivity index (χ3n) is 5.60. The highest BCUT2D eigenvalue weighted by Crippen LogP contribution is 2.18. The molecule has 0 amide bonds. The van der Waals surface area contributed by atoms with Crippen molar-refractivity contribution in [2.24, 2.45) is 0 Å². The molecule has 0 unspecified atom stereocenters. The first kappa shape index (κ1) is 25.8. The van der Waals surface area contributed by atoms with Crippen molar-refractivity contribution in [1.82, 2.24) is 0 Å². The summed E-state index contributed by atoms with van der Waals surface area (Å²) in [7, 11) is 0.777. The minimum Gasteiger partial charge on any atom is -0.0622 e. The minimum absolute atomic E-state index is 0.777. The fourth-order valence-corrected chi connectivity index (χ4v) is 4.78. The van der Waals surface area contributed by atoms with Crippen LogP contribution in [0.15, 0.2) is 182 Å². The number of benzene rings is 6. The fourth-order valence-electron chi connectivity index (χ4n) is 3.73. The molecule has 6 aromatic rings. The van der Waals surface area contributed by atoms with Gasteiger partial charge < -0.3 is 0 Å². The molecule has 37 heavy (non-hydrogen) atoms. The fraction of sp³-hybridized carbons (Fsp3) is 0. The van der Waals surface area contributed by atoms with Gasteiger partial charge in [0.2, 0.25) is 0 Å². The zero-order chi connectivity index (χ0) is 25.4. The van der Waals surface area contributed by atoms with Crippen molar-refractivity contribution in [1.29, 1.82) is 0 Å². The van der Waals surface area contributed by atoms with Crippen molar-refractivity contribution >= 4 is 19.2 Å². The van der Waals surface area contributed by atoms with E-state index in [0.717, 1.165) is 8.58 Å². The average Bonchev–Trinajstić information content (AvgIpc) is 3.01. The van der Waals surface area contributed by atoms with Crippen molar-refractivity contribution in [3.63, 3.8) is 0 Å². The highest BCUT2D eigenvalue weighted by molar-refractivity contribution is 7.55. The van der Waals surface area contributed by atoms with Crippen LogP contribution in [0.1, 0.15) is 0 Å². The van der Waals surface area contributed by atoms with Gasteiger partial charge in [0.1, 0.15) is 0 Å². The van der Waals surface area contributed by atoms with E-state index in [9.17, 15) is 0 Å². The Morgan fingerprint density at radius 2 is 0.405 bits per heavy atom. The second kappa shape index (κ2) is 15.0. The van der Waals surface area contributed by atoms with Gasteiger partial charge in [-0.05, 0) is 32.9 Å². The molecule has 0 aliphatic rings. The Morgan fingerprint density at radius 3 is 0.622 bits per heavy atom. The van der Waals surface area contributed by atoms with Crippen LogP contribution in [0.3, 0.4) is 0 Å². The second-order valence-electron chi connectivity index (χ2n) is 8.32. The lowest BCUT2D eigenvalue weighted by Gasteiger charge is -2.00. The van der Waals surface area contributed by atoms with Gasteiger partial charge in [0, 0.05) is 0 Å². The Bertz CT molecular complexity index is 1200. The summed E-state index contributed by atoms with van der Waals surface area (Å²) >= 11 is 0. The summed E-state index contributed by atoms with van der Waals surface area (Å²) in [5, 5.41) is 2.79. The minimum atomic E-state index is 0.777. The topological polar surface area (TPSA) is 0 Å². The molecule has 0 N–H and O–H groups in total. The van der Waals surface area contributed by atoms with Crippen LogP contribution in [0.4, 0.5) is 0 Å². The normalized spacial score (nSPS) is 9.73. The van der Waals surface area contributed by atoms with Crippen molar-refractivity contribution in [3.8, 4) is 22.3 Å². The van der Waals surface area contributed by atoms with Crippen LogP contribution < -0.4 is 10.6 Å². The van der Waals surface area contributed by atoms with E-state index < -0.39 is 0 Å². The van der Waals surface area contributed by atoms with Gasteiger partial charge in [-0.15, -0.1) is 0 Å². The van der Waals surface area contributed by atoms with Crippen LogP contribution in [0.2, 0.25) is 0 Å². The Labute approximate surface area is 223 Å². The molecule has 0 aliphatic heterocycles. The zero-order valence-corrected chi connectivity index (χ0v) is 21.8. The van der Waals surface area contributed by atoms with E-state index in [1.165, 1.54) is 32.9 Å². The van der Waals surface area contributed by atoms with Crippen LogP contribution in [0, 0.1) is 0 Å². The van der Waals surface area contributed by atoms with Gasteiger partial charge in [0.25, 0.3) is 0 Å². The van der Waals surface area contributed by atoms with E-state index in [1.807, 2.05) is 24.3 Å². The molecule has 1 heteroatoms. The zero-order valence-electron chi connectivity index (χ0n) is 20.8. The molecule has 6 rings (SSSR count). The summed E-state index contributed by atoms with van der Waals surface area (Å²) in [5.74, 6) is 0. The maximum atomic E-state index is 2.17. The van der Waals surface area contributed by atoms with E-state index in [1.54, 1.807) is 0 Å². The van der Waals surface area contributed by atoms with Crippen molar-refractivity contribution in [2.45, 2.75) is 0 Å². The first-order chi connectivity index (χ1) is 18.4. The van der Waals surface area contributed by atoms with E-state index in [4.69, 9.17) is 0 Å². The number of hydrogen-bond acceptors (Lipinski definition) is 0. The van der Waals surface area contributed by atoms with Gasteiger partial charge in [0.15, 0.2) is 0 Å². The molecule has 0 aromatic heterocycles. The molecule has 0 spiro atoms. The van der Waals surface area contributed by atoms with Gasteiger partial charge >= 0.3 is 0 Å². The summed E-state index contributed by atoms with van der Waals surface area (Å²) in [4.78, 5) is 0. The monoisotopic (exact) mass is 494 g/mol. The Morgan fingerprint density at radius 1 is 0.216 bits per heavy atom. The first-order valence-electron chi connectivity index (χ1n) is 12.5. The SMILES string of the molecule is c1ccc(-c2ccccc2)cc1.c1ccc(-c2ccccc2)cc1.c1ccc(Pc2ccccc2)cc1. The lowest BCUT2D eigenvalue weighted by molar-refractivity contribution is 1.62. The molecule has 0 aliphatic carbocycles. The van der Waals surface area contributed by atoms with Crippen LogP contribution >= 0.6 is 8.58 Å². The summed E-state index contributed by atoms with van der Waals surface area (Å²) < 4.78 is 0. The number of rotatable bonds is 4. The van der Waals surface area contributed by atoms with Crippen LogP contribution in [0.5, 0.6) is 0 Å². The standard InChI is InChI=1S/C12H11P.2C12H10/c1-3-7-11(8-4-1)13-12-9-5-2-6-10-12;2*1-3-7-11(8-4-1)12-9-5-2-6-10-12/h1-10,13H;2*1-10H. The molecule has 0 bridgehead atoms. The molecule has 6 aromatic carbocycles. The second-order valence-corrected chi connectivity index (χ2v) is 9.73. The van der Waals surface area contributed by atoms with E-state index >= 15 is 0 Å². The Balaban J connectivity index is 0.000000130. The molecule has 0 saturated carbocycles. The molecule has 0 heterocycles. The Kier molecular flexibility index (Phi) is 10.5. The lowest BCUT2D eigenvalue weighted by atomic mass is 10.1.